The highest BCUT2D eigenvalue weighted by molar-refractivity contribution is 9.10. The smallest absolute Gasteiger partial charge is 0.301 e. The zero-order valence-corrected chi connectivity index (χ0v) is 12.6. The molecule has 0 N–H and O–H groups in total. The molecule has 0 aromatic carbocycles. The number of halogens is 1. The van der Waals surface area contributed by atoms with Crippen molar-refractivity contribution in [2.75, 3.05) is 6.61 Å². The third kappa shape index (κ3) is 2.94. The van der Waals surface area contributed by atoms with Gasteiger partial charge in [-0.25, -0.2) is 4.98 Å². The van der Waals surface area contributed by atoms with Gasteiger partial charge in [0.25, 0.3) is 5.56 Å². The van der Waals surface area contributed by atoms with E-state index >= 15 is 0 Å². The first-order valence-corrected chi connectivity index (χ1v) is 7.15. The molecule has 102 valence electrons. The standard InChI is InChI=1S/C13H16BrN3O2/c1-3-5-17-12(18)10-7-9(14)8-15-11(10)16-13(17)19-6-4-2/h7-8H,3-6H2,1-2H3. The average Bonchev–Trinajstić information content (AvgIpc) is 2.41. The van der Waals surface area contributed by atoms with Crippen molar-refractivity contribution >= 4 is 27.0 Å². The van der Waals surface area contributed by atoms with Gasteiger partial charge in [-0.15, -0.1) is 0 Å². The summed E-state index contributed by atoms with van der Waals surface area (Å²) in [6.45, 7) is 5.16. The van der Waals surface area contributed by atoms with Crippen LogP contribution in [0.3, 0.4) is 0 Å². The Kier molecular flexibility index (Phi) is 4.52. The van der Waals surface area contributed by atoms with Crippen molar-refractivity contribution in [2.45, 2.75) is 33.2 Å². The lowest BCUT2D eigenvalue weighted by Gasteiger charge is -2.12. The van der Waals surface area contributed by atoms with E-state index < -0.39 is 0 Å². The average molecular weight is 326 g/mol. The number of fused-ring (bicyclic) bond motifs is 1. The fourth-order valence-corrected chi connectivity index (χ4v) is 2.12. The predicted octanol–water partition coefficient (Wildman–Crippen LogP) is 2.75. The maximum absolute atomic E-state index is 12.4. The summed E-state index contributed by atoms with van der Waals surface area (Å²) in [6, 6.07) is 2.10. The number of hydrogen-bond acceptors (Lipinski definition) is 4. The molecule has 19 heavy (non-hydrogen) atoms. The van der Waals surface area contributed by atoms with Crippen LogP contribution in [0.2, 0.25) is 0 Å². The lowest BCUT2D eigenvalue weighted by atomic mass is 10.3. The Morgan fingerprint density at radius 1 is 1.37 bits per heavy atom. The van der Waals surface area contributed by atoms with Gasteiger partial charge in [0.2, 0.25) is 0 Å². The molecule has 0 aliphatic rings. The first-order valence-electron chi connectivity index (χ1n) is 6.36. The molecule has 0 aliphatic carbocycles. The van der Waals surface area contributed by atoms with Crippen LogP contribution in [0.5, 0.6) is 6.01 Å². The molecule has 0 spiro atoms. The van der Waals surface area contributed by atoms with Crippen LogP contribution >= 0.6 is 15.9 Å². The van der Waals surface area contributed by atoms with E-state index in [0.29, 0.717) is 30.2 Å². The van der Waals surface area contributed by atoms with Gasteiger partial charge in [0.15, 0.2) is 5.65 Å². The van der Waals surface area contributed by atoms with Gasteiger partial charge >= 0.3 is 6.01 Å². The zero-order chi connectivity index (χ0) is 13.8. The Bertz CT molecular complexity index is 640. The molecule has 0 amide bonds. The van der Waals surface area contributed by atoms with Crippen LogP contribution in [0.15, 0.2) is 21.5 Å². The zero-order valence-electron chi connectivity index (χ0n) is 11.0. The van der Waals surface area contributed by atoms with Crippen LogP contribution < -0.4 is 10.3 Å². The van der Waals surface area contributed by atoms with E-state index in [9.17, 15) is 4.79 Å². The molecule has 5 nitrogen and oxygen atoms in total. The first kappa shape index (κ1) is 14.0. The molecule has 6 heteroatoms. The van der Waals surface area contributed by atoms with Gasteiger partial charge in [-0.3, -0.25) is 9.36 Å². The second kappa shape index (κ2) is 6.14. The van der Waals surface area contributed by atoms with Crippen molar-refractivity contribution < 1.29 is 4.74 Å². The summed E-state index contributed by atoms with van der Waals surface area (Å²) in [7, 11) is 0. The van der Waals surface area contributed by atoms with E-state index in [1.807, 2.05) is 13.8 Å². The molecular weight excluding hydrogens is 310 g/mol. The summed E-state index contributed by atoms with van der Waals surface area (Å²) in [5, 5.41) is 0.506. The summed E-state index contributed by atoms with van der Waals surface area (Å²) in [5.74, 6) is 0. The Morgan fingerprint density at radius 3 is 2.84 bits per heavy atom. The van der Waals surface area contributed by atoms with Crippen LogP contribution in [-0.2, 0) is 6.54 Å². The van der Waals surface area contributed by atoms with Gasteiger partial charge in [-0.05, 0) is 34.8 Å². The summed E-state index contributed by atoms with van der Waals surface area (Å²) in [4.78, 5) is 20.9. The highest BCUT2D eigenvalue weighted by Crippen LogP contribution is 2.16. The van der Waals surface area contributed by atoms with Gasteiger partial charge < -0.3 is 4.74 Å². The van der Waals surface area contributed by atoms with E-state index in [-0.39, 0.29) is 5.56 Å². The van der Waals surface area contributed by atoms with Crippen LogP contribution in [0.25, 0.3) is 11.0 Å². The molecule has 0 saturated carbocycles. The largest absolute Gasteiger partial charge is 0.465 e. The highest BCUT2D eigenvalue weighted by atomic mass is 79.9. The van der Waals surface area contributed by atoms with Gasteiger partial charge in [-0.1, -0.05) is 13.8 Å². The topological polar surface area (TPSA) is 57.0 Å². The summed E-state index contributed by atoms with van der Waals surface area (Å²) in [5.41, 5.74) is 0.318. The molecule has 0 unspecified atom stereocenters. The van der Waals surface area contributed by atoms with E-state index in [4.69, 9.17) is 4.74 Å². The molecule has 2 rings (SSSR count). The molecule has 0 fully saturated rings. The number of nitrogens with zero attached hydrogens (tertiary/aromatic N) is 3. The summed E-state index contributed by atoms with van der Waals surface area (Å²) in [6.07, 6.45) is 3.34. The van der Waals surface area contributed by atoms with Gasteiger partial charge in [0.05, 0.1) is 12.0 Å². The summed E-state index contributed by atoms with van der Waals surface area (Å²) >= 11 is 3.32. The second-order valence-electron chi connectivity index (χ2n) is 4.22. The maximum atomic E-state index is 12.4. The van der Waals surface area contributed by atoms with E-state index in [0.717, 1.165) is 17.3 Å². The Hall–Kier alpha value is -1.43. The molecule has 0 saturated heterocycles. The van der Waals surface area contributed by atoms with E-state index in [1.54, 1.807) is 16.8 Å². The SMILES string of the molecule is CCCOc1nc2ncc(Br)cc2c(=O)n1CCC. The number of aromatic nitrogens is 3. The van der Waals surface area contributed by atoms with Crippen molar-refractivity contribution in [2.24, 2.45) is 0 Å². The van der Waals surface area contributed by atoms with Crippen LogP contribution in [0, 0.1) is 0 Å². The maximum Gasteiger partial charge on any atom is 0.301 e. The molecule has 0 aliphatic heterocycles. The number of rotatable bonds is 5. The van der Waals surface area contributed by atoms with Gasteiger partial charge in [-0.2, -0.15) is 4.98 Å². The molecule has 0 bridgehead atoms. The third-order valence-corrected chi connectivity index (χ3v) is 3.06. The third-order valence-electron chi connectivity index (χ3n) is 2.62. The fraction of sp³-hybridized carbons (Fsp3) is 0.462. The summed E-state index contributed by atoms with van der Waals surface area (Å²) < 4.78 is 7.90. The molecule has 2 aromatic heterocycles. The molecule has 2 heterocycles. The molecular formula is C13H16BrN3O2. The van der Waals surface area contributed by atoms with Gasteiger partial charge in [0, 0.05) is 17.2 Å². The lowest BCUT2D eigenvalue weighted by Crippen LogP contribution is -2.24. The van der Waals surface area contributed by atoms with Crippen molar-refractivity contribution in [3.63, 3.8) is 0 Å². The highest BCUT2D eigenvalue weighted by Gasteiger charge is 2.12. The second-order valence-corrected chi connectivity index (χ2v) is 5.14. The Balaban J connectivity index is 2.63. The first-order chi connectivity index (χ1) is 9.17. The van der Waals surface area contributed by atoms with Crippen LogP contribution in [0.1, 0.15) is 26.7 Å². The van der Waals surface area contributed by atoms with Crippen molar-refractivity contribution in [3.8, 4) is 6.01 Å². The number of hydrogen-bond donors (Lipinski definition) is 0. The predicted molar refractivity (Wildman–Crippen MR) is 77.6 cm³/mol. The van der Waals surface area contributed by atoms with Gasteiger partial charge in [0.1, 0.15) is 0 Å². The monoisotopic (exact) mass is 325 g/mol. The minimum Gasteiger partial charge on any atom is -0.465 e. The normalized spacial score (nSPS) is 10.9. The quantitative estimate of drug-likeness (QED) is 0.848. The minimum absolute atomic E-state index is 0.105. The fourth-order valence-electron chi connectivity index (χ4n) is 1.79. The molecule has 2 aromatic rings. The van der Waals surface area contributed by atoms with Crippen LogP contribution in [0.4, 0.5) is 0 Å². The number of pyridine rings is 1. The Morgan fingerprint density at radius 2 is 2.16 bits per heavy atom. The van der Waals surface area contributed by atoms with Crippen LogP contribution in [-0.4, -0.2) is 21.1 Å². The minimum atomic E-state index is -0.105. The van der Waals surface area contributed by atoms with E-state index in [1.165, 1.54) is 0 Å². The van der Waals surface area contributed by atoms with Crippen molar-refractivity contribution in [1.82, 2.24) is 14.5 Å². The number of ether oxygens (including phenoxy) is 1. The van der Waals surface area contributed by atoms with Crippen molar-refractivity contribution in [1.29, 1.82) is 0 Å². The van der Waals surface area contributed by atoms with Crippen molar-refractivity contribution in [3.05, 3.63) is 27.1 Å². The Labute approximate surface area is 119 Å². The molecule has 0 atom stereocenters. The van der Waals surface area contributed by atoms with E-state index in [2.05, 4.69) is 25.9 Å². The molecule has 0 radical (unpaired) electrons. The lowest BCUT2D eigenvalue weighted by molar-refractivity contribution is 0.272.